The molecule has 0 amide bonds. The highest BCUT2D eigenvalue weighted by Gasteiger charge is 1.95. The van der Waals surface area contributed by atoms with Crippen molar-refractivity contribution in [2.24, 2.45) is 0 Å². The zero-order valence-electron chi connectivity index (χ0n) is 8.90. The van der Waals surface area contributed by atoms with E-state index >= 15 is 0 Å². The maximum atomic E-state index is 5.77. The van der Waals surface area contributed by atoms with Crippen molar-refractivity contribution in [1.29, 1.82) is 0 Å². The summed E-state index contributed by atoms with van der Waals surface area (Å²) in [6, 6.07) is 2.17. The lowest BCUT2D eigenvalue weighted by molar-refractivity contribution is 0.556. The van der Waals surface area contributed by atoms with Gasteiger partial charge in [0.2, 0.25) is 0 Å². The van der Waals surface area contributed by atoms with Crippen molar-refractivity contribution in [1.82, 2.24) is 15.1 Å². The minimum atomic E-state index is 0.693. The summed E-state index contributed by atoms with van der Waals surface area (Å²) in [5.74, 6) is 0. The zero-order chi connectivity index (χ0) is 11.2. The fraction of sp³-hybridized carbons (Fsp3) is 0.364. The summed E-state index contributed by atoms with van der Waals surface area (Å²) < 4.78 is 1.85. The first kappa shape index (κ1) is 11.6. The van der Waals surface area contributed by atoms with Crippen LogP contribution < -0.4 is 5.32 Å². The van der Waals surface area contributed by atoms with Gasteiger partial charge in [0.1, 0.15) is 0 Å². The number of hydrogen-bond acceptors (Lipinski definition) is 3. The quantitative estimate of drug-likeness (QED) is 0.804. The van der Waals surface area contributed by atoms with E-state index in [-0.39, 0.29) is 0 Å². The van der Waals surface area contributed by atoms with Crippen LogP contribution in [0.25, 0.3) is 0 Å². The van der Waals surface area contributed by atoms with E-state index in [1.165, 1.54) is 5.56 Å². The molecule has 0 aliphatic heterocycles. The van der Waals surface area contributed by atoms with Crippen LogP contribution >= 0.6 is 22.9 Å². The van der Waals surface area contributed by atoms with E-state index in [9.17, 15) is 0 Å². The largest absolute Gasteiger partial charge is 0.315 e. The molecule has 5 heteroatoms. The predicted octanol–water partition coefficient (Wildman–Crippen LogP) is 2.43. The molecule has 0 radical (unpaired) electrons. The molecule has 86 valence electrons. The SMILES string of the molecule is Clc1cnn(CCNCCc2ccsc2)c1. The van der Waals surface area contributed by atoms with Gasteiger partial charge in [-0.1, -0.05) is 11.6 Å². The van der Waals surface area contributed by atoms with Crippen molar-refractivity contribution in [3.8, 4) is 0 Å². The molecule has 0 saturated carbocycles. The number of halogens is 1. The summed E-state index contributed by atoms with van der Waals surface area (Å²) in [4.78, 5) is 0. The topological polar surface area (TPSA) is 29.9 Å². The van der Waals surface area contributed by atoms with Gasteiger partial charge < -0.3 is 5.32 Å². The molecule has 0 unspecified atom stereocenters. The number of rotatable bonds is 6. The second-order valence-corrected chi connectivity index (χ2v) is 4.77. The Hall–Kier alpha value is -0.840. The maximum Gasteiger partial charge on any atom is 0.0785 e. The monoisotopic (exact) mass is 255 g/mol. The molecule has 2 aromatic heterocycles. The minimum Gasteiger partial charge on any atom is -0.315 e. The first-order valence-electron chi connectivity index (χ1n) is 5.24. The Morgan fingerprint density at radius 2 is 2.38 bits per heavy atom. The number of aromatic nitrogens is 2. The van der Waals surface area contributed by atoms with Gasteiger partial charge in [-0.25, -0.2) is 0 Å². The molecule has 0 aromatic carbocycles. The Morgan fingerprint density at radius 3 is 3.06 bits per heavy atom. The van der Waals surface area contributed by atoms with Crippen LogP contribution in [-0.4, -0.2) is 22.9 Å². The smallest absolute Gasteiger partial charge is 0.0785 e. The van der Waals surface area contributed by atoms with Gasteiger partial charge >= 0.3 is 0 Å². The van der Waals surface area contributed by atoms with Gasteiger partial charge in [-0.05, 0) is 35.4 Å². The Labute approximate surface area is 104 Å². The van der Waals surface area contributed by atoms with Crippen LogP contribution in [0.1, 0.15) is 5.56 Å². The van der Waals surface area contributed by atoms with Gasteiger partial charge in [-0.3, -0.25) is 4.68 Å². The van der Waals surface area contributed by atoms with Crippen molar-refractivity contribution >= 4 is 22.9 Å². The van der Waals surface area contributed by atoms with Gasteiger partial charge in [0.15, 0.2) is 0 Å². The van der Waals surface area contributed by atoms with Crippen molar-refractivity contribution in [3.05, 3.63) is 39.8 Å². The van der Waals surface area contributed by atoms with Crippen molar-refractivity contribution < 1.29 is 0 Å². The zero-order valence-corrected chi connectivity index (χ0v) is 10.5. The lowest BCUT2D eigenvalue weighted by atomic mass is 10.2. The summed E-state index contributed by atoms with van der Waals surface area (Å²) in [6.07, 6.45) is 4.58. The molecule has 0 fully saturated rings. The summed E-state index contributed by atoms with van der Waals surface area (Å²) in [5, 5.41) is 12.5. The van der Waals surface area contributed by atoms with Crippen molar-refractivity contribution in [2.75, 3.05) is 13.1 Å². The number of nitrogens with one attached hydrogen (secondary N) is 1. The van der Waals surface area contributed by atoms with Gasteiger partial charge in [0.25, 0.3) is 0 Å². The van der Waals surface area contributed by atoms with Gasteiger partial charge in [0, 0.05) is 12.7 Å². The van der Waals surface area contributed by atoms with E-state index in [1.807, 2.05) is 10.9 Å². The van der Waals surface area contributed by atoms with Crippen molar-refractivity contribution in [3.63, 3.8) is 0 Å². The number of nitrogens with zero attached hydrogens (tertiary/aromatic N) is 2. The second-order valence-electron chi connectivity index (χ2n) is 3.55. The second kappa shape index (κ2) is 6.03. The van der Waals surface area contributed by atoms with Gasteiger partial charge in [-0.15, -0.1) is 0 Å². The van der Waals surface area contributed by atoms with Crippen LogP contribution in [0, 0.1) is 0 Å². The molecule has 3 nitrogen and oxygen atoms in total. The average molecular weight is 256 g/mol. The molecule has 16 heavy (non-hydrogen) atoms. The minimum absolute atomic E-state index is 0.693. The van der Waals surface area contributed by atoms with Crippen LogP contribution in [-0.2, 0) is 13.0 Å². The summed E-state index contributed by atoms with van der Waals surface area (Å²) in [6.45, 7) is 2.78. The number of thiophene rings is 1. The third-order valence-corrected chi connectivity index (χ3v) is 3.22. The molecule has 0 saturated heterocycles. The summed E-state index contributed by atoms with van der Waals surface area (Å²) in [5.41, 5.74) is 1.40. The van der Waals surface area contributed by atoms with Gasteiger partial charge in [0.05, 0.1) is 17.8 Å². The van der Waals surface area contributed by atoms with E-state index in [2.05, 4.69) is 27.2 Å². The Morgan fingerprint density at radius 1 is 1.44 bits per heavy atom. The predicted molar refractivity (Wildman–Crippen MR) is 68.1 cm³/mol. The first-order chi connectivity index (χ1) is 7.84. The maximum absolute atomic E-state index is 5.77. The normalized spacial score (nSPS) is 10.8. The van der Waals surface area contributed by atoms with E-state index in [0.717, 1.165) is 26.1 Å². The molecule has 0 aliphatic carbocycles. The molecule has 1 N–H and O–H groups in total. The highest BCUT2D eigenvalue weighted by molar-refractivity contribution is 7.07. The highest BCUT2D eigenvalue weighted by Crippen LogP contribution is 2.05. The van der Waals surface area contributed by atoms with Crippen molar-refractivity contribution in [2.45, 2.75) is 13.0 Å². The van der Waals surface area contributed by atoms with E-state index in [0.29, 0.717) is 5.02 Å². The Kier molecular flexibility index (Phi) is 4.39. The molecule has 2 aromatic rings. The first-order valence-corrected chi connectivity index (χ1v) is 6.56. The molecule has 0 atom stereocenters. The average Bonchev–Trinajstić information content (AvgIpc) is 2.89. The third-order valence-electron chi connectivity index (χ3n) is 2.29. The van der Waals surface area contributed by atoms with Crippen LogP contribution in [0.5, 0.6) is 0 Å². The molecular formula is C11H14ClN3S. The summed E-state index contributed by atoms with van der Waals surface area (Å²) in [7, 11) is 0. The lowest BCUT2D eigenvalue weighted by Gasteiger charge is -2.03. The molecule has 0 bridgehead atoms. The standard InChI is InChI=1S/C11H14ClN3S/c12-11-7-14-15(8-11)5-4-13-3-1-10-2-6-16-9-10/h2,6-9,13H,1,3-5H2. The van der Waals surface area contributed by atoms with E-state index in [4.69, 9.17) is 11.6 Å². The molecular weight excluding hydrogens is 242 g/mol. The summed E-state index contributed by atoms with van der Waals surface area (Å²) >= 11 is 7.51. The third kappa shape index (κ3) is 3.63. The highest BCUT2D eigenvalue weighted by atomic mass is 35.5. The number of hydrogen-bond donors (Lipinski definition) is 1. The fourth-order valence-corrected chi connectivity index (χ4v) is 2.31. The van der Waals surface area contributed by atoms with Crippen LogP contribution in [0.3, 0.4) is 0 Å². The molecule has 2 rings (SSSR count). The molecule has 0 aliphatic rings. The van der Waals surface area contributed by atoms with Gasteiger partial charge in [-0.2, -0.15) is 16.4 Å². The van der Waals surface area contributed by atoms with E-state index in [1.54, 1.807) is 17.5 Å². The van der Waals surface area contributed by atoms with Crippen LogP contribution in [0.15, 0.2) is 29.2 Å². The lowest BCUT2D eigenvalue weighted by Crippen LogP contribution is -2.22. The Balaban J connectivity index is 1.59. The van der Waals surface area contributed by atoms with E-state index < -0.39 is 0 Å². The molecule has 0 spiro atoms. The fourth-order valence-electron chi connectivity index (χ4n) is 1.45. The van der Waals surface area contributed by atoms with Crippen LogP contribution in [0.2, 0.25) is 5.02 Å². The van der Waals surface area contributed by atoms with Crippen LogP contribution in [0.4, 0.5) is 0 Å². The Bertz CT molecular complexity index is 411. The molecule has 2 heterocycles.